The van der Waals surface area contributed by atoms with E-state index in [-0.39, 0.29) is 37.9 Å². The molecule has 1 fully saturated rings. The molecule has 0 aliphatic carbocycles. The minimum atomic E-state index is -3.60. The molecule has 7 heteroatoms. The van der Waals surface area contributed by atoms with Crippen LogP contribution in [0.1, 0.15) is 37.4 Å². The Labute approximate surface area is 200 Å². The maximum atomic E-state index is 13.3. The average Bonchev–Trinajstić information content (AvgIpc) is 2.88. The summed E-state index contributed by atoms with van der Waals surface area (Å²) in [6.07, 6.45) is 1.57. The Morgan fingerprint density at radius 1 is 0.765 bits per heavy atom. The van der Waals surface area contributed by atoms with E-state index in [4.69, 9.17) is 0 Å². The summed E-state index contributed by atoms with van der Waals surface area (Å²) in [6, 6.07) is 23.2. The topological polar surface area (TPSA) is 74.8 Å². The summed E-state index contributed by atoms with van der Waals surface area (Å²) in [4.78, 5) is 27.9. The van der Waals surface area contributed by atoms with E-state index in [9.17, 15) is 18.0 Å². The van der Waals surface area contributed by atoms with Crippen LogP contribution in [-0.2, 0) is 10.0 Å². The summed E-state index contributed by atoms with van der Waals surface area (Å²) < 4.78 is 26.8. The van der Waals surface area contributed by atoms with Gasteiger partial charge in [0.1, 0.15) is 0 Å². The van der Waals surface area contributed by atoms with Gasteiger partial charge in [0.2, 0.25) is 10.0 Å². The second kappa shape index (κ2) is 10.2. The van der Waals surface area contributed by atoms with Gasteiger partial charge in [-0.15, -0.1) is 0 Å². The van der Waals surface area contributed by atoms with Gasteiger partial charge in [-0.3, -0.25) is 9.59 Å². The van der Waals surface area contributed by atoms with Gasteiger partial charge in [-0.25, -0.2) is 8.42 Å². The van der Waals surface area contributed by atoms with E-state index in [1.807, 2.05) is 49.4 Å². The first-order valence-electron chi connectivity index (χ1n) is 11.1. The number of piperazine rings is 1. The highest BCUT2D eigenvalue weighted by Crippen LogP contribution is 2.19. The maximum absolute atomic E-state index is 13.3. The SMILES string of the molecule is Cc1ccc(C(=O)c2ccccc2C(=O)N2CCN(S(=O)(=O)/C=C/c3ccccc3)CC2)cc1. The van der Waals surface area contributed by atoms with Crippen LogP contribution in [-0.4, -0.2) is 55.5 Å². The summed E-state index contributed by atoms with van der Waals surface area (Å²) in [5, 5.41) is 1.20. The van der Waals surface area contributed by atoms with Crippen LogP contribution in [0, 0.1) is 6.92 Å². The molecule has 3 aromatic carbocycles. The molecule has 1 aliphatic rings. The number of nitrogens with zero attached hydrogens (tertiary/aromatic N) is 2. The summed E-state index contributed by atoms with van der Waals surface area (Å²) in [6.45, 7) is 2.85. The van der Waals surface area contributed by atoms with Crippen molar-refractivity contribution >= 4 is 27.8 Å². The summed E-state index contributed by atoms with van der Waals surface area (Å²) in [5.74, 6) is -0.482. The number of aryl methyl sites for hydroxylation is 1. The van der Waals surface area contributed by atoms with Gasteiger partial charge in [-0.2, -0.15) is 4.31 Å². The van der Waals surface area contributed by atoms with Gasteiger partial charge < -0.3 is 4.90 Å². The number of carbonyl (C=O) groups is 2. The molecule has 0 unspecified atom stereocenters. The number of hydrogen-bond donors (Lipinski definition) is 0. The normalized spacial score (nSPS) is 14.9. The molecule has 0 atom stereocenters. The Morgan fingerprint density at radius 3 is 2.00 bits per heavy atom. The molecule has 0 aromatic heterocycles. The molecule has 0 spiro atoms. The predicted molar refractivity (Wildman–Crippen MR) is 133 cm³/mol. The molecule has 1 heterocycles. The van der Waals surface area contributed by atoms with Crippen molar-refractivity contribution in [2.24, 2.45) is 0 Å². The van der Waals surface area contributed by atoms with Gasteiger partial charge in [0.05, 0.1) is 5.56 Å². The molecule has 6 nitrogen and oxygen atoms in total. The Bertz CT molecular complexity index is 1310. The number of sulfonamides is 1. The quantitative estimate of drug-likeness (QED) is 0.507. The van der Waals surface area contributed by atoms with Gasteiger partial charge >= 0.3 is 0 Å². The Kier molecular flexibility index (Phi) is 7.05. The standard InChI is InChI=1S/C27H26N2O4S/c1-21-11-13-23(14-12-21)26(30)24-9-5-6-10-25(24)27(31)28-16-18-29(19-17-28)34(32,33)20-15-22-7-3-2-4-8-22/h2-15,20H,16-19H2,1H3/b20-15+. The molecular weight excluding hydrogens is 448 g/mol. The van der Waals surface area contributed by atoms with Crippen LogP contribution >= 0.6 is 0 Å². The largest absolute Gasteiger partial charge is 0.336 e. The number of amides is 1. The van der Waals surface area contributed by atoms with Crippen molar-refractivity contribution in [3.8, 4) is 0 Å². The minimum absolute atomic E-state index is 0.196. The second-order valence-electron chi connectivity index (χ2n) is 8.19. The molecule has 0 radical (unpaired) electrons. The first-order valence-corrected chi connectivity index (χ1v) is 12.6. The Morgan fingerprint density at radius 2 is 1.35 bits per heavy atom. The third kappa shape index (κ3) is 5.32. The third-order valence-corrected chi connectivity index (χ3v) is 7.40. The maximum Gasteiger partial charge on any atom is 0.254 e. The van der Waals surface area contributed by atoms with Crippen molar-refractivity contribution in [1.82, 2.24) is 9.21 Å². The zero-order chi connectivity index (χ0) is 24.1. The predicted octanol–water partition coefficient (Wildman–Crippen LogP) is 3.98. The van der Waals surface area contributed by atoms with Crippen molar-refractivity contribution in [2.45, 2.75) is 6.92 Å². The third-order valence-electron chi connectivity index (χ3n) is 5.83. The van der Waals surface area contributed by atoms with Gasteiger partial charge in [0.15, 0.2) is 5.78 Å². The van der Waals surface area contributed by atoms with Crippen LogP contribution in [0.4, 0.5) is 0 Å². The van der Waals surface area contributed by atoms with Gasteiger partial charge in [0.25, 0.3) is 5.91 Å². The highest BCUT2D eigenvalue weighted by Gasteiger charge is 2.29. The van der Waals surface area contributed by atoms with E-state index >= 15 is 0 Å². The molecule has 174 valence electrons. The number of benzene rings is 3. The van der Waals surface area contributed by atoms with E-state index in [1.54, 1.807) is 47.4 Å². The lowest BCUT2D eigenvalue weighted by Gasteiger charge is -2.33. The zero-order valence-electron chi connectivity index (χ0n) is 18.9. The van der Waals surface area contributed by atoms with E-state index in [1.165, 1.54) is 9.71 Å². The molecule has 0 N–H and O–H groups in total. The molecular formula is C27H26N2O4S. The van der Waals surface area contributed by atoms with Gasteiger partial charge in [0, 0.05) is 42.7 Å². The summed E-state index contributed by atoms with van der Waals surface area (Å²) in [7, 11) is -3.60. The van der Waals surface area contributed by atoms with E-state index in [0.29, 0.717) is 16.7 Å². The van der Waals surface area contributed by atoms with Crippen LogP contribution in [0.2, 0.25) is 0 Å². The number of hydrogen-bond acceptors (Lipinski definition) is 4. The highest BCUT2D eigenvalue weighted by atomic mass is 32.2. The fraction of sp³-hybridized carbons (Fsp3) is 0.185. The molecule has 4 rings (SSSR count). The average molecular weight is 475 g/mol. The molecule has 34 heavy (non-hydrogen) atoms. The van der Waals surface area contributed by atoms with Crippen LogP contribution in [0.5, 0.6) is 0 Å². The van der Waals surface area contributed by atoms with Crippen LogP contribution < -0.4 is 0 Å². The monoisotopic (exact) mass is 474 g/mol. The number of rotatable bonds is 6. The first kappa shape index (κ1) is 23.6. The fourth-order valence-electron chi connectivity index (χ4n) is 3.86. The first-order chi connectivity index (χ1) is 16.3. The minimum Gasteiger partial charge on any atom is -0.336 e. The number of carbonyl (C=O) groups excluding carboxylic acids is 2. The number of ketones is 1. The lowest BCUT2D eigenvalue weighted by atomic mass is 9.97. The lowest BCUT2D eigenvalue weighted by Crippen LogP contribution is -2.50. The van der Waals surface area contributed by atoms with Crippen LogP contribution in [0.25, 0.3) is 6.08 Å². The molecule has 0 saturated carbocycles. The van der Waals surface area contributed by atoms with E-state index in [2.05, 4.69) is 0 Å². The molecule has 3 aromatic rings. The van der Waals surface area contributed by atoms with Crippen molar-refractivity contribution in [2.75, 3.05) is 26.2 Å². The summed E-state index contributed by atoms with van der Waals surface area (Å²) >= 11 is 0. The van der Waals surface area contributed by atoms with Gasteiger partial charge in [-0.1, -0.05) is 78.4 Å². The Hall–Kier alpha value is -3.55. The summed E-state index contributed by atoms with van der Waals surface area (Å²) in [5.41, 5.74) is 3.04. The van der Waals surface area contributed by atoms with Crippen LogP contribution in [0.15, 0.2) is 84.3 Å². The smallest absolute Gasteiger partial charge is 0.254 e. The van der Waals surface area contributed by atoms with Crippen molar-refractivity contribution in [1.29, 1.82) is 0 Å². The lowest BCUT2D eigenvalue weighted by molar-refractivity contribution is 0.0695. The van der Waals surface area contributed by atoms with Crippen molar-refractivity contribution in [3.05, 3.63) is 112 Å². The van der Waals surface area contributed by atoms with Crippen molar-refractivity contribution < 1.29 is 18.0 Å². The van der Waals surface area contributed by atoms with E-state index < -0.39 is 10.0 Å². The molecule has 1 aliphatic heterocycles. The molecule has 1 saturated heterocycles. The van der Waals surface area contributed by atoms with Crippen molar-refractivity contribution in [3.63, 3.8) is 0 Å². The fourth-order valence-corrected chi connectivity index (χ4v) is 5.03. The molecule has 0 bridgehead atoms. The highest BCUT2D eigenvalue weighted by molar-refractivity contribution is 7.92. The van der Waals surface area contributed by atoms with E-state index in [0.717, 1.165) is 11.1 Å². The Balaban J connectivity index is 1.45. The second-order valence-corrected chi connectivity index (χ2v) is 10.0. The van der Waals surface area contributed by atoms with Gasteiger partial charge in [-0.05, 0) is 24.6 Å². The zero-order valence-corrected chi connectivity index (χ0v) is 19.7. The van der Waals surface area contributed by atoms with Crippen LogP contribution in [0.3, 0.4) is 0 Å². The molecule has 1 amide bonds.